The zero-order chi connectivity index (χ0) is 10.1. The van der Waals surface area contributed by atoms with Crippen LogP contribution in [0.25, 0.3) is 0 Å². The summed E-state index contributed by atoms with van der Waals surface area (Å²) in [5.41, 5.74) is 0.400. The number of aromatic nitrogens is 2. The van der Waals surface area contributed by atoms with Crippen LogP contribution in [-0.2, 0) is 0 Å². The van der Waals surface area contributed by atoms with Gasteiger partial charge in [0.25, 0.3) is 0 Å². The Kier molecular flexibility index (Phi) is 2.37. The highest BCUT2D eigenvalue weighted by Gasteiger charge is 2.21. The van der Waals surface area contributed by atoms with Crippen molar-refractivity contribution in [1.29, 1.82) is 0 Å². The van der Waals surface area contributed by atoms with Gasteiger partial charge in [-0.15, -0.1) is 0 Å². The molecule has 0 spiro atoms. The summed E-state index contributed by atoms with van der Waals surface area (Å²) in [6, 6.07) is 0. The Hall–Kier alpha value is -1.16. The smallest absolute Gasteiger partial charge is 0.156 e. The van der Waals surface area contributed by atoms with E-state index in [9.17, 15) is 4.79 Å². The zero-order valence-corrected chi connectivity index (χ0v) is 8.58. The predicted octanol–water partition coefficient (Wildman–Crippen LogP) is 1.46. The van der Waals surface area contributed by atoms with Gasteiger partial charge in [0.15, 0.2) is 6.29 Å². The van der Waals surface area contributed by atoms with Gasteiger partial charge in [-0.1, -0.05) is 11.6 Å². The van der Waals surface area contributed by atoms with Crippen LogP contribution < -0.4 is 4.90 Å². The van der Waals surface area contributed by atoms with E-state index in [0.29, 0.717) is 17.2 Å². The molecule has 2 rings (SSSR count). The van der Waals surface area contributed by atoms with E-state index >= 15 is 0 Å². The molecule has 0 unspecified atom stereocenters. The molecule has 0 radical (unpaired) electrons. The normalized spacial score (nSPS) is 15.1. The average molecular weight is 212 g/mol. The van der Waals surface area contributed by atoms with Crippen LogP contribution in [0.5, 0.6) is 0 Å². The van der Waals surface area contributed by atoms with Crippen molar-refractivity contribution in [1.82, 2.24) is 9.97 Å². The number of hydrogen-bond acceptors (Lipinski definition) is 4. The predicted molar refractivity (Wildman–Crippen MR) is 54.0 cm³/mol. The summed E-state index contributed by atoms with van der Waals surface area (Å²) in [7, 11) is 0. The van der Waals surface area contributed by atoms with Crippen LogP contribution in [0.4, 0.5) is 5.82 Å². The molecule has 0 aromatic carbocycles. The van der Waals surface area contributed by atoms with E-state index in [-0.39, 0.29) is 5.15 Å². The van der Waals surface area contributed by atoms with Gasteiger partial charge in [-0.2, -0.15) is 0 Å². The maximum Gasteiger partial charge on any atom is 0.156 e. The minimum absolute atomic E-state index is 0.245. The van der Waals surface area contributed by atoms with Crippen molar-refractivity contribution >= 4 is 23.7 Å². The molecule has 0 amide bonds. The van der Waals surface area contributed by atoms with E-state index < -0.39 is 0 Å². The first-order valence-corrected chi connectivity index (χ1v) is 4.84. The summed E-state index contributed by atoms with van der Waals surface area (Å²) in [4.78, 5) is 21.0. The molecule has 1 aliphatic rings. The fourth-order valence-electron chi connectivity index (χ4n) is 1.40. The van der Waals surface area contributed by atoms with Crippen molar-refractivity contribution in [2.75, 3.05) is 18.0 Å². The summed E-state index contributed by atoms with van der Waals surface area (Å²) >= 11 is 5.85. The van der Waals surface area contributed by atoms with E-state index in [0.717, 1.165) is 25.8 Å². The van der Waals surface area contributed by atoms with E-state index in [1.807, 2.05) is 4.90 Å². The minimum atomic E-state index is 0.245. The summed E-state index contributed by atoms with van der Waals surface area (Å²) in [6.45, 7) is 3.64. The first kappa shape index (κ1) is 9.40. The number of carbonyl (C=O) groups is 1. The molecule has 0 bridgehead atoms. The number of aryl methyl sites for hydroxylation is 1. The third-order valence-corrected chi connectivity index (χ3v) is 2.55. The third kappa shape index (κ3) is 1.46. The van der Waals surface area contributed by atoms with Gasteiger partial charge >= 0.3 is 0 Å². The Morgan fingerprint density at radius 2 is 2.14 bits per heavy atom. The number of aldehydes is 1. The maximum absolute atomic E-state index is 10.8. The second kappa shape index (κ2) is 3.53. The average Bonchev–Trinajstić information content (AvgIpc) is 1.99. The molecular formula is C9H10ClN3O. The molecule has 5 heteroatoms. The second-order valence-corrected chi connectivity index (χ2v) is 3.62. The molecule has 74 valence electrons. The number of halogens is 1. The Morgan fingerprint density at radius 3 is 2.64 bits per heavy atom. The van der Waals surface area contributed by atoms with Gasteiger partial charge in [0.05, 0.1) is 5.56 Å². The van der Waals surface area contributed by atoms with Gasteiger partial charge in [0.2, 0.25) is 0 Å². The van der Waals surface area contributed by atoms with Gasteiger partial charge in [-0.05, 0) is 13.3 Å². The van der Waals surface area contributed by atoms with Gasteiger partial charge < -0.3 is 4.90 Å². The number of carbonyl (C=O) groups excluding carboxylic acids is 1. The SMILES string of the molecule is Cc1nc(Cl)c(C=O)c(N2CCC2)n1. The van der Waals surface area contributed by atoms with Crippen LogP contribution in [0.15, 0.2) is 0 Å². The Labute approximate surface area is 86.9 Å². The molecule has 0 saturated carbocycles. The third-order valence-electron chi connectivity index (χ3n) is 2.26. The van der Waals surface area contributed by atoms with E-state index in [1.54, 1.807) is 6.92 Å². The molecular weight excluding hydrogens is 202 g/mol. The Balaban J connectivity index is 2.49. The van der Waals surface area contributed by atoms with Crippen molar-refractivity contribution in [2.45, 2.75) is 13.3 Å². The van der Waals surface area contributed by atoms with Gasteiger partial charge in [0.1, 0.15) is 16.8 Å². The number of hydrogen-bond donors (Lipinski definition) is 0. The number of anilines is 1. The molecule has 0 atom stereocenters. The zero-order valence-electron chi connectivity index (χ0n) is 7.83. The summed E-state index contributed by atoms with van der Waals surface area (Å²) in [5.74, 6) is 1.27. The topological polar surface area (TPSA) is 46.1 Å². The summed E-state index contributed by atoms with van der Waals surface area (Å²) in [5, 5.41) is 0.245. The molecule has 14 heavy (non-hydrogen) atoms. The second-order valence-electron chi connectivity index (χ2n) is 3.26. The van der Waals surface area contributed by atoms with Crippen LogP contribution in [0.3, 0.4) is 0 Å². The van der Waals surface area contributed by atoms with Crippen molar-refractivity contribution in [3.05, 3.63) is 16.5 Å². The molecule has 0 aliphatic carbocycles. The Morgan fingerprint density at radius 1 is 1.43 bits per heavy atom. The fourth-order valence-corrected chi connectivity index (χ4v) is 1.65. The van der Waals surface area contributed by atoms with Gasteiger partial charge in [-0.3, -0.25) is 4.79 Å². The molecule has 1 fully saturated rings. The monoisotopic (exact) mass is 211 g/mol. The van der Waals surface area contributed by atoms with Crippen molar-refractivity contribution in [3.63, 3.8) is 0 Å². The van der Waals surface area contributed by atoms with Crippen LogP contribution in [0, 0.1) is 6.92 Å². The minimum Gasteiger partial charge on any atom is -0.356 e. The number of nitrogens with zero attached hydrogens (tertiary/aromatic N) is 3. The van der Waals surface area contributed by atoms with E-state index in [2.05, 4.69) is 9.97 Å². The van der Waals surface area contributed by atoms with Crippen LogP contribution in [0.1, 0.15) is 22.6 Å². The lowest BCUT2D eigenvalue weighted by molar-refractivity contribution is 0.112. The largest absolute Gasteiger partial charge is 0.356 e. The molecule has 1 saturated heterocycles. The molecule has 1 aliphatic heterocycles. The van der Waals surface area contributed by atoms with Gasteiger partial charge in [0, 0.05) is 13.1 Å². The van der Waals surface area contributed by atoms with Crippen LogP contribution in [-0.4, -0.2) is 29.3 Å². The van der Waals surface area contributed by atoms with Crippen molar-refractivity contribution in [2.24, 2.45) is 0 Å². The highest BCUT2D eigenvalue weighted by molar-refractivity contribution is 6.32. The summed E-state index contributed by atoms with van der Waals surface area (Å²) < 4.78 is 0. The van der Waals surface area contributed by atoms with Crippen molar-refractivity contribution < 1.29 is 4.79 Å². The highest BCUT2D eigenvalue weighted by atomic mass is 35.5. The highest BCUT2D eigenvalue weighted by Crippen LogP contribution is 2.25. The van der Waals surface area contributed by atoms with Crippen LogP contribution in [0.2, 0.25) is 5.15 Å². The molecule has 2 heterocycles. The molecule has 1 aromatic heterocycles. The fraction of sp³-hybridized carbons (Fsp3) is 0.444. The first-order chi connectivity index (χ1) is 6.72. The summed E-state index contributed by atoms with van der Waals surface area (Å²) in [6.07, 6.45) is 1.86. The quantitative estimate of drug-likeness (QED) is 0.549. The lowest BCUT2D eigenvalue weighted by atomic mass is 10.2. The van der Waals surface area contributed by atoms with Gasteiger partial charge in [-0.25, -0.2) is 9.97 Å². The maximum atomic E-state index is 10.8. The first-order valence-electron chi connectivity index (χ1n) is 4.46. The lowest BCUT2D eigenvalue weighted by Crippen LogP contribution is -2.38. The van der Waals surface area contributed by atoms with Crippen molar-refractivity contribution in [3.8, 4) is 0 Å². The molecule has 0 N–H and O–H groups in total. The lowest BCUT2D eigenvalue weighted by Gasteiger charge is -2.32. The number of rotatable bonds is 2. The molecule has 1 aromatic rings. The molecule has 4 nitrogen and oxygen atoms in total. The van der Waals surface area contributed by atoms with Crippen LogP contribution >= 0.6 is 11.6 Å². The van der Waals surface area contributed by atoms with E-state index in [4.69, 9.17) is 11.6 Å². The van der Waals surface area contributed by atoms with E-state index in [1.165, 1.54) is 0 Å². The Bertz CT molecular complexity index is 377. The standard InChI is InChI=1S/C9H10ClN3O/c1-6-11-8(10)7(5-14)9(12-6)13-3-2-4-13/h5H,2-4H2,1H3.